The van der Waals surface area contributed by atoms with E-state index in [4.69, 9.17) is 9.15 Å². The molecule has 0 aliphatic heterocycles. The van der Waals surface area contributed by atoms with Gasteiger partial charge in [0, 0.05) is 13.1 Å². The van der Waals surface area contributed by atoms with Crippen molar-refractivity contribution in [3.05, 3.63) is 90.4 Å². The molecular weight excluding hydrogens is 286 g/mol. The molecule has 3 nitrogen and oxygen atoms in total. The Hall–Kier alpha value is -2.52. The van der Waals surface area contributed by atoms with Crippen LogP contribution in [0.15, 0.2) is 83.5 Å². The molecule has 0 unspecified atom stereocenters. The fourth-order valence-corrected chi connectivity index (χ4v) is 2.49. The summed E-state index contributed by atoms with van der Waals surface area (Å²) >= 11 is 0. The predicted octanol–water partition coefficient (Wildman–Crippen LogP) is 4.36. The van der Waals surface area contributed by atoms with Crippen molar-refractivity contribution < 1.29 is 9.15 Å². The smallest absolute Gasteiger partial charge is 0.119 e. The molecule has 3 aromatic rings. The van der Waals surface area contributed by atoms with Crippen molar-refractivity contribution in [1.82, 2.24) is 4.90 Å². The third-order valence-electron chi connectivity index (χ3n) is 3.63. The number of nitrogens with zero attached hydrogens (tertiary/aromatic N) is 1. The van der Waals surface area contributed by atoms with Crippen LogP contribution in [0.2, 0.25) is 0 Å². The summed E-state index contributed by atoms with van der Waals surface area (Å²) in [5, 5.41) is 0. The first-order chi connectivity index (χ1) is 11.4. The van der Waals surface area contributed by atoms with E-state index in [0.29, 0.717) is 6.61 Å². The van der Waals surface area contributed by atoms with Crippen LogP contribution in [0.3, 0.4) is 0 Å². The van der Waals surface area contributed by atoms with E-state index < -0.39 is 0 Å². The molecule has 0 spiro atoms. The second kappa shape index (κ2) is 8.20. The standard InChI is InChI=1S/C20H21NO2/c1-3-8-18(9-4-1)16-21(17-20-12-7-14-22-20)13-15-23-19-10-5-2-6-11-19/h1-12,14H,13,15-17H2. The molecule has 0 saturated carbocycles. The van der Waals surface area contributed by atoms with Gasteiger partial charge in [-0.05, 0) is 29.8 Å². The number of hydrogen-bond acceptors (Lipinski definition) is 3. The minimum absolute atomic E-state index is 0.650. The van der Waals surface area contributed by atoms with Gasteiger partial charge in [-0.15, -0.1) is 0 Å². The van der Waals surface area contributed by atoms with Gasteiger partial charge in [0.2, 0.25) is 0 Å². The third-order valence-corrected chi connectivity index (χ3v) is 3.63. The summed E-state index contributed by atoms with van der Waals surface area (Å²) in [4.78, 5) is 2.33. The quantitative estimate of drug-likeness (QED) is 0.618. The van der Waals surface area contributed by atoms with Crippen molar-refractivity contribution in [2.24, 2.45) is 0 Å². The van der Waals surface area contributed by atoms with E-state index in [1.807, 2.05) is 48.5 Å². The number of rotatable bonds is 8. The van der Waals surface area contributed by atoms with E-state index in [0.717, 1.165) is 31.1 Å². The average molecular weight is 307 g/mol. The summed E-state index contributed by atoms with van der Waals surface area (Å²) in [6.45, 7) is 3.14. The minimum Gasteiger partial charge on any atom is -0.492 e. The van der Waals surface area contributed by atoms with Crippen LogP contribution in [0.1, 0.15) is 11.3 Å². The van der Waals surface area contributed by atoms with E-state index in [9.17, 15) is 0 Å². The molecule has 0 aliphatic rings. The van der Waals surface area contributed by atoms with Crippen LogP contribution in [-0.4, -0.2) is 18.1 Å². The van der Waals surface area contributed by atoms with E-state index in [1.165, 1.54) is 5.56 Å². The van der Waals surface area contributed by atoms with Crippen molar-refractivity contribution in [3.8, 4) is 5.75 Å². The summed E-state index contributed by atoms with van der Waals surface area (Å²) in [6, 6.07) is 24.3. The van der Waals surface area contributed by atoms with Crippen molar-refractivity contribution in [2.75, 3.05) is 13.2 Å². The van der Waals surface area contributed by atoms with Gasteiger partial charge in [0.1, 0.15) is 18.1 Å². The maximum Gasteiger partial charge on any atom is 0.119 e. The molecule has 0 fully saturated rings. The number of furan rings is 1. The summed E-state index contributed by atoms with van der Waals surface area (Å²) in [5.74, 6) is 1.88. The molecule has 1 aromatic heterocycles. The zero-order valence-corrected chi connectivity index (χ0v) is 13.1. The Morgan fingerprint density at radius 1 is 0.783 bits per heavy atom. The molecule has 0 amide bonds. The van der Waals surface area contributed by atoms with Crippen LogP contribution in [-0.2, 0) is 13.1 Å². The molecule has 118 valence electrons. The summed E-state index contributed by atoms with van der Waals surface area (Å²) < 4.78 is 11.3. The lowest BCUT2D eigenvalue weighted by molar-refractivity contribution is 0.185. The second-order valence-corrected chi connectivity index (χ2v) is 5.44. The number of hydrogen-bond donors (Lipinski definition) is 0. The lowest BCUT2D eigenvalue weighted by atomic mass is 10.2. The van der Waals surface area contributed by atoms with Crippen molar-refractivity contribution in [1.29, 1.82) is 0 Å². The van der Waals surface area contributed by atoms with Crippen LogP contribution in [0, 0.1) is 0 Å². The Kier molecular flexibility index (Phi) is 5.48. The predicted molar refractivity (Wildman–Crippen MR) is 91.2 cm³/mol. The first-order valence-corrected chi connectivity index (χ1v) is 7.87. The van der Waals surface area contributed by atoms with E-state index >= 15 is 0 Å². The Labute approximate surface area is 137 Å². The van der Waals surface area contributed by atoms with Crippen molar-refractivity contribution in [2.45, 2.75) is 13.1 Å². The summed E-state index contributed by atoms with van der Waals surface area (Å²) in [7, 11) is 0. The van der Waals surface area contributed by atoms with Crippen LogP contribution < -0.4 is 4.74 Å². The van der Waals surface area contributed by atoms with Gasteiger partial charge in [-0.1, -0.05) is 48.5 Å². The molecule has 3 heteroatoms. The molecule has 0 atom stereocenters. The van der Waals surface area contributed by atoms with Gasteiger partial charge in [-0.2, -0.15) is 0 Å². The van der Waals surface area contributed by atoms with Gasteiger partial charge >= 0.3 is 0 Å². The molecule has 0 bridgehead atoms. The topological polar surface area (TPSA) is 25.6 Å². The molecule has 0 saturated heterocycles. The molecule has 23 heavy (non-hydrogen) atoms. The Morgan fingerprint density at radius 2 is 1.52 bits per heavy atom. The van der Waals surface area contributed by atoms with Gasteiger partial charge in [-0.25, -0.2) is 0 Å². The highest BCUT2D eigenvalue weighted by Crippen LogP contribution is 2.12. The van der Waals surface area contributed by atoms with Crippen LogP contribution >= 0.6 is 0 Å². The second-order valence-electron chi connectivity index (χ2n) is 5.44. The zero-order chi connectivity index (χ0) is 15.7. The lowest BCUT2D eigenvalue weighted by Crippen LogP contribution is -2.27. The lowest BCUT2D eigenvalue weighted by Gasteiger charge is -2.21. The van der Waals surface area contributed by atoms with E-state index in [-0.39, 0.29) is 0 Å². The SMILES string of the molecule is c1ccc(CN(CCOc2ccccc2)Cc2ccco2)cc1. The Bertz CT molecular complexity index is 665. The molecule has 0 aliphatic carbocycles. The minimum atomic E-state index is 0.650. The van der Waals surface area contributed by atoms with E-state index in [1.54, 1.807) is 6.26 Å². The van der Waals surface area contributed by atoms with Crippen LogP contribution in [0.5, 0.6) is 5.75 Å². The van der Waals surface area contributed by atoms with Gasteiger partial charge < -0.3 is 9.15 Å². The van der Waals surface area contributed by atoms with Gasteiger partial charge in [-0.3, -0.25) is 4.90 Å². The maximum absolute atomic E-state index is 5.82. The Morgan fingerprint density at radius 3 is 2.22 bits per heavy atom. The van der Waals surface area contributed by atoms with E-state index in [2.05, 4.69) is 29.2 Å². The van der Waals surface area contributed by atoms with Crippen LogP contribution in [0.4, 0.5) is 0 Å². The van der Waals surface area contributed by atoms with Gasteiger partial charge in [0.05, 0.1) is 12.8 Å². The largest absolute Gasteiger partial charge is 0.492 e. The highest BCUT2D eigenvalue weighted by Gasteiger charge is 2.09. The molecule has 2 aromatic carbocycles. The molecule has 0 N–H and O–H groups in total. The fourth-order valence-electron chi connectivity index (χ4n) is 2.49. The fraction of sp³-hybridized carbons (Fsp3) is 0.200. The van der Waals surface area contributed by atoms with Crippen LogP contribution in [0.25, 0.3) is 0 Å². The zero-order valence-electron chi connectivity index (χ0n) is 13.1. The Balaban J connectivity index is 1.58. The molecule has 3 rings (SSSR count). The highest BCUT2D eigenvalue weighted by molar-refractivity contribution is 5.21. The number of ether oxygens (including phenoxy) is 1. The third kappa shape index (κ3) is 5.01. The average Bonchev–Trinajstić information content (AvgIpc) is 3.10. The number of para-hydroxylation sites is 1. The molecule has 0 radical (unpaired) electrons. The van der Waals surface area contributed by atoms with Gasteiger partial charge in [0.15, 0.2) is 0 Å². The number of benzene rings is 2. The van der Waals surface area contributed by atoms with Crippen molar-refractivity contribution >= 4 is 0 Å². The summed E-state index contributed by atoms with van der Waals surface area (Å²) in [5.41, 5.74) is 1.29. The van der Waals surface area contributed by atoms with Crippen molar-refractivity contribution in [3.63, 3.8) is 0 Å². The maximum atomic E-state index is 5.82. The molecular formula is C20H21NO2. The summed E-state index contributed by atoms with van der Waals surface area (Å²) in [6.07, 6.45) is 1.72. The normalized spacial score (nSPS) is 10.8. The highest BCUT2D eigenvalue weighted by atomic mass is 16.5. The monoisotopic (exact) mass is 307 g/mol. The first-order valence-electron chi connectivity index (χ1n) is 7.87. The van der Waals surface area contributed by atoms with Gasteiger partial charge in [0.25, 0.3) is 0 Å². The first kappa shape index (κ1) is 15.4. The molecule has 1 heterocycles.